The van der Waals surface area contributed by atoms with Crippen molar-refractivity contribution in [3.8, 4) is 11.5 Å². The van der Waals surface area contributed by atoms with Gasteiger partial charge in [0.15, 0.2) is 18.1 Å². The molecule has 0 aliphatic carbocycles. The number of hydrogen-bond acceptors (Lipinski definition) is 5. The first-order chi connectivity index (χ1) is 11.5. The van der Waals surface area contributed by atoms with E-state index in [0.717, 1.165) is 0 Å². The number of halogens is 2. The molecule has 0 fully saturated rings. The summed E-state index contributed by atoms with van der Waals surface area (Å²) in [6.45, 7) is -0.398. The third-order valence-electron chi connectivity index (χ3n) is 3.13. The van der Waals surface area contributed by atoms with E-state index in [0.29, 0.717) is 22.2 Å². The van der Waals surface area contributed by atoms with Crippen LogP contribution in [0.2, 0.25) is 10.0 Å². The average molecular weight is 368 g/mol. The molecule has 0 radical (unpaired) electrons. The number of ether oxygens (including phenoxy) is 3. The summed E-state index contributed by atoms with van der Waals surface area (Å²) in [5.74, 6) is -0.423. The number of fused-ring (bicyclic) bond motifs is 1. The highest BCUT2D eigenvalue weighted by molar-refractivity contribution is 6.32. The molecule has 1 aliphatic rings. The van der Waals surface area contributed by atoms with Crippen LogP contribution < -0.4 is 14.8 Å². The number of benzene rings is 2. The van der Waals surface area contributed by atoms with Crippen LogP contribution in [-0.2, 0) is 9.53 Å². The van der Waals surface area contributed by atoms with Crippen LogP contribution in [0.25, 0.3) is 0 Å². The lowest BCUT2D eigenvalue weighted by Gasteiger charge is -2.08. The molecule has 0 bridgehead atoms. The third kappa shape index (κ3) is 3.72. The summed E-state index contributed by atoms with van der Waals surface area (Å²) in [5.41, 5.74) is 0.718. The molecule has 1 heterocycles. The van der Waals surface area contributed by atoms with Crippen LogP contribution in [0.5, 0.6) is 11.5 Å². The summed E-state index contributed by atoms with van der Waals surface area (Å²) in [6, 6.07) is 9.40. The van der Waals surface area contributed by atoms with Crippen LogP contribution in [0.4, 0.5) is 5.69 Å². The number of rotatable bonds is 4. The van der Waals surface area contributed by atoms with Gasteiger partial charge >= 0.3 is 5.97 Å². The fourth-order valence-corrected chi connectivity index (χ4v) is 2.42. The van der Waals surface area contributed by atoms with E-state index in [1.165, 1.54) is 12.1 Å². The largest absolute Gasteiger partial charge is 0.454 e. The molecular formula is C16H11Cl2NO5. The Hall–Kier alpha value is -2.44. The van der Waals surface area contributed by atoms with Gasteiger partial charge < -0.3 is 19.5 Å². The Bertz CT molecular complexity index is 792. The topological polar surface area (TPSA) is 73.9 Å². The zero-order valence-corrected chi connectivity index (χ0v) is 13.7. The van der Waals surface area contributed by atoms with E-state index in [2.05, 4.69) is 5.32 Å². The normalized spacial score (nSPS) is 11.9. The fraction of sp³-hybridized carbons (Fsp3) is 0.125. The van der Waals surface area contributed by atoms with E-state index in [9.17, 15) is 9.59 Å². The van der Waals surface area contributed by atoms with Crippen molar-refractivity contribution in [3.05, 3.63) is 52.0 Å². The van der Waals surface area contributed by atoms with Gasteiger partial charge in [-0.2, -0.15) is 0 Å². The molecule has 2 aromatic carbocycles. The van der Waals surface area contributed by atoms with Crippen molar-refractivity contribution in [1.29, 1.82) is 0 Å². The molecule has 1 aliphatic heterocycles. The molecule has 1 N–H and O–H groups in total. The standard InChI is InChI=1S/C16H11Cl2NO5/c17-10-1-3-11(4-2-10)19-14(20)7-22-16(21)9-5-12(18)15-13(6-9)23-8-24-15/h1-6H,7-8H2,(H,19,20). The molecule has 0 saturated heterocycles. The lowest BCUT2D eigenvalue weighted by atomic mass is 10.2. The number of anilines is 1. The Kier molecular flexibility index (Phi) is 4.78. The van der Waals surface area contributed by atoms with Crippen LogP contribution in [0, 0.1) is 0 Å². The van der Waals surface area contributed by atoms with Crippen LogP contribution in [0.3, 0.4) is 0 Å². The molecule has 8 heteroatoms. The second-order valence-corrected chi connectivity index (χ2v) is 5.67. The number of esters is 1. The van der Waals surface area contributed by atoms with Gasteiger partial charge in [0.1, 0.15) is 0 Å². The monoisotopic (exact) mass is 367 g/mol. The SMILES string of the molecule is O=C(COC(=O)c1cc(Cl)c2c(c1)OCO2)Nc1ccc(Cl)cc1. The van der Waals surface area contributed by atoms with E-state index in [1.54, 1.807) is 24.3 Å². The van der Waals surface area contributed by atoms with E-state index in [4.69, 9.17) is 37.4 Å². The van der Waals surface area contributed by atoms with Gasteiger partial charge in [-0.3, -0.25) is 4.79 Å². The van der Waals surface area contributed by atoms with E-state index < -0.39 is 18.5 Å². The maximum Gasteiger partial charge on any atom is 0.338 e. The number of carbonyl (C=O) groups excluding carboxylic acids is 2. The number of nitrogens with one attached hydrogen (secondary N) is 1. The molecule has 0 atom stereocenters. The molecule has 1 amide bonds. The average Bonchev–Trinajstić information content (AvgIpc) is 3.04. The van der Waals surface area contributed by atoms with E-state index in [1.807, 2.05) is 0 Å². The van der Waals surface area contributed by atoms with Gasteiger partial charge in [-0.25, -0.2) is 4.79 Å². The highest BCUT2D eigenvalue weighted by Crippen LogP contribution is 2.39. The van der Waals surface area contributed by atoms with Crippen LogP contribution in [0.15, 0.2) is 36.4 Å². The molecule has 2 aromatic rings. The van der Waals surface area contributed by atoms with Crippen molar-refractivity contribution < 1.29 is 23.8 Å². The van der Waals surface area contributed by atoms with Gasteiger partial charge in [0, 0.05) is 10.7 Å². The maximum absolute atomic E-state index is 12.0. The molecule has 0 saturated carbocycles. The van der Waals surface area contributed by atoms with Crippen molar-refractivity contribution in [2.24, 2.45) is 0 Å². The number of amides is 1. The van der Waals surface area contributed by atoms with Crippen LogP contribution in [-0.4, -0.2) is 25.3 Å². The summed E-state index contributed by atoms with van der Waals surface area (Å²) < 4.78 is 15.3. The first-order valence-corrected chi connectivity index (χ1v) is 7.60. The molecule has 6 nitrogen and oxygen atoms in total. The van der Waals surface area contributed by atoms with Crippen molar-refractivity contribution in [1.82, 2.24) is 0 Å². The first kappa shape index (κ1) is 16.4. The van der Waals surface area contributed by atoms with Crippen LogP contribution in [0.1, 0.15) is 10.4 Å². The Morgan fingerprint density at radius 3 is 2.62 bits per heavy atom. The van der Waals surface area contributed by atoms with Crippen molar-refractivity contribution in [3.63, 3.8) is 0 Å². The predicted molar refractivity (Wildman–Crippen MR) is 87.9 cm³/mol. The fourth-order valence-electron chi connectivity index (χ4n) is 2.03. The minimum Gasteiger partial charge on any atom is -0.454 e. The Labute approximate surface area is 147 Å². The van der Waals surface area contributed by atoms with Crippen LogP contribution >= 0.6 is 23.2 Å². The van der Waals surface area contributed by atoms with Gasteiger partial charge in [0.25, 0.3) is 5.91 Å². The van der Waals surface area contributed by atoms with Gasteiger partial charge in [-0.15, -0.1) is 0 Å². The van der Waals surface area contributed by atoms with Crippen molar-refractivity contribution in [2.75, 3.05) is 18.7 Å². The van der Waals surface area contributed by atoms with Gasteiger partial charge in [-0.05, 0) is 36.4 Å². The summed E-state index contributed by atoms with van der Waals surface area (Å²) in [5, 5.41) is 3.38. The molecule has 24 heavy (non-hydrogen) atoms. The first-order valence-electron chi connectivity index (χ1n) is 6.84. The quantitative estimate of drug-likeness (QED) is 0.836. The Morgan fingerprint density at radius 1 is 1.12 bits per heavy atom. The molecule has 0 unspecified atom stereocenters. The lowest BCUT2D eigenvalue weighted by molar-refractivity contribution is -0.119. The second-order valence-electron chi connectivity index (χ2n) is 4.82. The number of carbonyl (C=O) groups is 2. The zero-order chi connectivity index (χ0) is 17.1. The van der Waals surface area contributed by atoms with Crippen molar-refractivity contribution >= 4 is 40.8 Å². The number of hydrogen-bond donors (Lipinski definition) is 1. The molecular weight excluding hydrogens is 357 g/mol. The third-order valence-corrected chi connectivity index (χ3v) is 3.66. The molecule has 0 spiro atoms. The summed E-state index contributed by atoms with van der Waals surface area (Å²) in [7, 11) is 0. The van der Waals surface area contributed by atoms with Gasteiger partial charge in [0.05, 0.1) is 10.6 Å². The maximum atomic E-state index is 12.0. The Morgan fingerprint density at radius 2 is 1.88 bits per heavy atom. The smallest absolute Gasteiger partial charge is 0.338 e. The minimum absolute atomic E-state index is 0.0387. The molecule has 124 valence electrons. The van der Waals surface area contributed by atoms with Crippen molar-refractivity contribution in [2.45, 2.75) is 0 Å². The minimum atomic E-state index is -0.693. The van der Waals surface area contributed by atoms with Gasteiger partial charge in [-0.1, -0.05) is 23.2 Å². The van der Waals surface area contributed by atoms with E-state index >= 15 is 0 Å². The molecule has 3 rings (SSSR count). The Balaban J connectivity index is 1.58. The summed E-state index contributed by atoms with van der Waals surface area (Å²) >= 11 is 11.8. The van der Waals surface area contributed by atoms with E-state index in [-0.39, 0.29) is 17.4 Å². The second kappa shape index (κ2) is 6.98. The highest BCUT2D eigenvalue weighted by atomic mass is 35.5. The zero-order valence-electron chi connectivity index (χ0n) is 12.2. The molecule has 0 aromatic heterocycles. The highest BCUT2D eigenvalue weighted by Gasteiger charge is 2.21. The van der Waals surface area contributed by atoms with Gasteiger partial charge in [0.2, 0.25) is 6.79 Å². The summed E-state index contributed by atoms with van der Waals surface area (Å²) in [4.78, 5) is 23.8. The summed E-state index contributed by atoms with van der Waals surface area (Å²) in [6.07, 6.45) is 0. The lowest BCUT2D eigenvalue weighted by Crippen LogP contribution is -2.20. The predicted octanol–water partition coefficient (Wildman–Crippen LogP) is 3.52.